The molecule has 1 amide bonds. The number of thiazole rings is 1. The smallest absolute Gasteiger partial charge is 0.236 e. The van der Waals surface area contributed by atoms with Crippen molar-refractivity contribution in [2.45, 2.75) is 5.92 Å². The minimum absolute atomic E-state index is 0.120. The zero-order valence-electron chi connectivity index (χ0n) is 15.8. The third kappa shape index (κ3) is 3.91. The molecule has 0 bridgehead atoms. The predicted molar refractivity (Wildman–Crippen MR) is 117 cm³/mol. The van der Waals surface area contributed by atoms with Crippen LogP contribution in [0.4, 0.5) is 10.8 Å². The number of nitrogens with two attached hydrogens (primary N) is 1. The molecule has 29 heavy (non-hydrogen) atoms. The number of amides is 1. The van der Waals surface area contributed by atoms with E-state index in [-0.39, 0.29) is 5.91 Å². The van der Waals surface area contributed by atoms with E-state index in [1.807, 2.05) is 66.7 Å². The number of nitrogen functional groups attached to an aromatic ring is 1. The number of nitrogens with zero attached hydrogens (tertiary/aromatic N) is 1. The van der Waals surface area contributed by atoms with Crippen molar-refractivity contribution < 1.29 is 9.53 Å². The fourth-order valence-corrected chi connectivity index (χ4v) is 4.12. The summed E-state index contributed by atoms with van der Waals surface area (Å²) in [5.41, 5.74) is 5.75. The van der Waals surface area contributed by atoms with Crippen molar-refractivity contribution in [1.29, 1.82) is 0 Å². The molecule has 146 valence electrons. The maximum absolute atomic E-state index is 13.3. The Kier molecular flexibility index (Phi) is 5.41. The predicted octanol–water partition coefficient (Wildman–Crippen LogP) is 4.36. The van der Waals surface area contributed by atoms with Crippen LogP contribution in [0.25, 0.3) is 10.2 Å². The van der Waals surface area contributed by atoms with E-state index in [0.717, 1.165) is 15.8 Å². The number of methoxy groups -OCH3 is 1. The lowest BCUT2D eigenvalue weighted by Gasteiger charge is -2.18. The van der Waals surface area contributed by atoms with Crippen LogP contribution in [0.5, 0.6) is 5.75 Å². The van der Waals surface area contributed by atoms with Gasteiger partial charge in [0.05, 0.1) is 17.7 Å². The van der Waals surface area contributed by atoms with Gasteiger partial charge in [-0.3, -0.25) is 10.2 Å². The van der Waals surface area contributed by atoms with Crippen LogP contribution < -0.4 is 21.3 Å². The molecule has 7 heteroatoms. The first-order valence-electron chi connectivity index (χ1n) is 9.05. The molecule has 0 atom stereocenters. The van der Waals surface area contributed by atoms with E-state index in [1.165, 1.54) is 11.3 Å². The Morgan fingerprint density at radius 3 is 2.21 bits per heavy atom. The van der Waals surface area contributed by atoms with E-state index in [1.54, 1.807) is 13.2 Å². The van der Waals surface area contributed by atoms with Crippen LogP contribution in [-0.4, -0.2) is 18.0 Å². The molecule has 0 saturated heterocycles. The third-order valence-electron chi connectivity index (χ3n) is 4.60. The SMILES string of the molecule is COc1cc(NC(=O)C(c2ccccc2)c2ccccc2)cc2sc(NN)nc12. The van der Waals surface area contributed by atoms with E-state index in [2.05, 4.69) is 15.7 Å². The molecule has 0 aliphatic rings. The van der Waals surface area contributed by atoms with Gasteiger partial charge in [0.1, 0.15) is 11.3 Å². The van der Waals surface area contributed by atoms with Crippen molar-refractivity contribution in [3.63, 3.8) is 0 Å². The van der Waals surface area contributed by atoms with Gasteiger partial charge in [0.15, 0.2) is 5.13 Å². The van der Waals surface area contributed by atoms with E-state index in [4.69, 9.17) is 10.6 Å². The van der Waals surface area contributed by atoms with Gasteiger partial charge in [-0.25, -0.2) is 10.8 Å². The van der Waals surface area contributed by atoms with Gasteiger partial charge in [0.2, 0.25) is 5.91 Å². The fraction of sp³-hybridized carbons (Fsp3) is 0.0909. The van der Waals surface area contributed by atoms with Gasteiger partial charge in [-0.15, -0.1) is 0 Å². The maximum Gasteiger partial charge on any atom is 0.236 e. The average molecular weight is 404 g/mol. The van der Waals surface area contributed by atoms with Crippen LogP contribution in [0.1, 0.15) is 17.0 Å². The summed E-state index contributed by atoms with van der Waals surface area (Å²) in [6, 6.07) is 23.1. The van der Waals surface area contributed by atoms with E-state index in [0.29, 0.717) is 22.1 Å². The summed E-state index contributed by atoms with van der Waals surface area (Å²) >= 11 is 1.39. The number of hydrazine groups is 1. The Balaban J connectivity index is 1.71. The molecule has 0 radical (unpaired) electrons. The van der Waals surface area contributed by atoms with Gasteiger partial charge >= 0.3 is 0 Å². The van der Waals surface area contributed by atoms with Crippen molar-refractivity contribution >= 4 is 38.3 Å². The molecule has 0 spiro atoms. The molecule has 0 fully saturated rings. The first kappa shape index (κ1) is 18.9. The van der Waals surface area contributed by atoms with Crippen LogP contribution in [0.2, 0.25) is 0 Å². The number of anilines is 2. The van der Waals surface area contributed by atoms with Crippen molar-refractivity contribution in [1.82, 2.24) is 4.98 Å². The topological polar surface area (TPSA) is 89.3 Å². The number of hydrogen-bond donors (Lipinski definition) is 3. The number of benzene rings is 3. The van der Waals surface area contributed by atoms with E-state index < -0.39 is 5.92 Å². The molecular formula is C22H20N4O2S. The molecule has 0 aliphatic heterocycles. The summed E-state index contributed by atoms with van der Waals surface area (Å²) in [5, 5.41) is 3.62. The summed E-state index contributed by atoms with van der Waals surface area (Å²) in [5.74, 6) is 5.51. The lowest BCUT2D eigenvalue weighted by molar-refractivity contribution is -0.116. The Bertz CT molecular complexity index is 1090. The highest BCUT2D eigenvalue weighted by atomic mass is 32.1. The van der Waals surface area contributed by atoms with Gasteiger partial charge < -0.3 is 10.1 Å². The maximum atomic E-state index is 13.3. The molecule has 0 aliphatic carbocycles. The van der Waals surface area contributed by atoms with Gasteiger partial charge in [0.25, 0.3) is 0 Å². The second-order valence-corrected chi connectivity index (χ2v) is 7.46. The molecule has 1 aromatic heterocycles. The van der Waals surface area contributed by atoms with Crippen LogP contribution in [0.3, 0.4) is 0 Å². The van der Waals surface area contributed by atoms with Gasteiger partial charge in [-0.05, 0) is 17.2 Å². The summed E-state index contributed by atoms with van der Waals surface area (Å²) in [6.45, 7) is 0. The van der Waals surface area contributed by atoms with E-state index in [9.17, 15) is 4.79 Å². The van der Waals surface area contributed by atoms with Crippen LogP contribution >= 0.6 is 11.3 Å². The summed E-state index contributed by atoms with van der Waals surface area (Å²) in [6.07, 6.45) is 0. The van der Waals surface area contributed by atoms with Crippen LogP contribution in [0.15, 0.2) is 72.8 Å². The quantitative estimate of drug-likeness (QED) is 0.328. The van der Waals surface area contributed by atoms with Crippen LogP contribution in [-0.2, 0) is 4.79 Å². The highest BCUT2D eigenvalue weighted by Gasteiger charge is 2.23. The number of ether oxygens (including phenoxy) is 1. The second-order valence-electron chi connectivity index (χ2n) is 6.43. The molecule has 0 unspecified atom stereocenters. The first-order valence-corrected chi connectivity index (χ1v) is 9.87. The zero-order valence-corrected chi connectivity index (χ0v) is 16.6. The molecule has 4 rings (SSSR count). The minimum Gasteiger partial charge on any atom is -0.494 e. The van der Waals surface area contributed by atoms with Crippen molar-refractivity contribution in [2.75, 3.05) is 17.9 Å². The normalized spacial score (nSPS) is 10.9. The molecular weight excluding hydrogens is 384 g/mol. The molecule has 1 heterocycles. The highest BCUT2D eigenvalue weighted by molar-refractivity contribution is 7.22. The number of aromatic nitrogens is 1. The first-order chi connectivity index (χ1) is 14.2. The molecule has 4 aromatic rings. The molecule has 6 nitrogen and oxygen atoms in total. The third-order valence-corrected chi connectivity index (χ3v) is 5.53. The number of nitrogens with one attached hydrogen (secondary N) is 2. The highest BCUT2D eigenvalue weighted by Crippen LogP contribution is 2.36. The molecule has 4 N–H and O–H groups in total. The Hall–Kier alpha value is -3.42. The monoisotopic (exact) mass is 404 g/mol. The summed E-state index contributed by atoms with van der Waals surface area (Å²) in [7, 11) is 1.58. The standard InChI is InChI=1S/C22H20N4O2S/c1-28-17-12-16(13-18-20(17)25-22(26-23)29-18)24-21(27)19(14-8-4-2-5-9-14)15-10-6-3-7-11-15/h2-13,19H,23H2,1H3,(H,24,27)(H,25,26). The number of rotatable bonds is 6. The largest absolute Gasteiger partial charge is 0.494 e. The molecule has 3 aromatic carbocycles. The Labute approximate surface area is 172 Å². The Morgan fingerprint density at radius 2 is 1.66 bits per heavy atom. The van der Waals surface area contributed by atoms with Crippen molar-refractivity contribution in [3.05, 3.63) is 83.9 Å². The lowest BCUT2D eigenvalue weighted by atomic mass is 9.90. The number of hydrogen-bond acceptors (Lipinski definition) is 6. The number of fused-ring (bicyclic) bond motifs is 1. The molecule has 0 saturated carbocycles. The van der Waals surface area contributed by atoms with Crippen molar-refractivity contribution in [2.24, 2.45) is 5.84 Å². The number of carbonyl (C=O) groups is 1. The zero-order chi connectivity index (χ0) is 20.2. The van der Waals surface area contributed by atoms with E-state index >= 15 is 0 Å². The van der Waals surface area contributed by atoms with Crippen molar-refractivity contribution in [3.8, 4) is 5.75 Å². The number of carbonyl (C=O) groups excluding carboxylic acids is 1. The average Bonchev–Trinajstić information content (AvgIpc) is 3.18. The van der Waals surface area contributed by atoms with Gasteiger partial charge in [0, 0.05) is 11.8 Å². The summed E-state index contributed by atoms with van der Waals surface area (Å²) < 4.78 is 6.33. The Morgan fingerprint density at radius 1 is 1.03 bits per heavy atom. The summed E-state index contributed by atoms with van der Waals surface area (Å²) in [4.78, 5) is 17.7. The van der Waals surface area contributed by atoms with Gasteiger partial charge in [-0.2, -0.15) is 0 Å². The minimum atomic E-state index is -0.429. The second kappa shape index (κ2) is 8.30. The lowest BCUT2D eigenvalue weighted by Crippen LogP contribution is -2.22. The van der Waals surface area contributed by atoms with Crippen LogP contribution in [0, 0.1) is 0 Å². The van der Waals surface area contributed by atoms with Gasteiger partial charge in [-0.1, -0.05) is 72.0 Å². The fourth-order valence-electron chi connectivity index (χ4n) is 3.29.